The van der Waals surface area contributed by atoms with E-state index in [1.807, 2.05) is 0 Å². The van der Waals surface area contributed by atoms with Gasteiger partial charge in [-0.15, -0.1) is 0 Å². The zero-order valence-corrected chi connectivity index (χ0v) is 37.9. The Balaban J connectivity index is 4.42. The predicted octanol–water partition coefficient (Wildman–Crippen LogP) is 11.4. The number of carbonyl (C=O) groups is 3. The molecule has 0 amide bonds. The minimum atomic E-state index is -1.14. The molecule has 0 N–H and O–H groups in total. The summed E-state index contributed by atoms with van der Waals surface area (Å²) in [5.41, 5.74) is 0. The third-order valence-electron chi connectivity index (χ3n) is 9.47. The van der Waals surface area contributed by atoms with Gasteiger partial charge >= 0.3 is 11.9 Å². The van der Waals surface area contributed by atoms with E-state index in [1.165, 1.54) is 12.8 Å². The van der Waals surface area contributed by atoms with Crippen LogP contribution in [0.5, 0.6) is 0 Å². The van der Waals surface area contributed by atoms with E-state index in [2.05, 4.69) is 111 Å². The van der Waals surface area contributed by atoms with E-state index in [1.54, 1.807) is 21.1 Å². The minimum Gasteiger partial charge on any atom is -0.544 e. The summed E-state index contributed by atoms with van der Waals surface area (Å²) < 4.78 is 17.1. The molecule has 0 fully saturated rings. The molecule has 0 spiro atoms. The number of carboxylic acids is 1. The average molecular weight is 822 g/mol. The van der Waals surface area contributed by atoms with Crippen molar-refractivity contribution >= 4 is 17.9 Å². The fraction of sp³-hybridized carbons (Fsp3) is 0.627. The standard InChI is InChI=1S/C51H83NO7/c1-6-8-10-12-14-16-18-20-22-24-25-26-28-29-31-33-35-37-39-41-49(53)58-46-47(45-57-44-43-48(51(55)56)52(3,4)5)59-50(54)42-40-38-36-34-32-30-27-23-21-19-17-15-13-11-9-7-2/h8-11,14-17,20-23,25-26,30,32,47-48H,6-7,12-13,18-19,24,27-29,31,33-46H2,1-5H3/b10-8+,11-9+,16-14+,17-15+,22-20+,23-21+,26-25+,32-30+. The molecule has 0 bridgehead atoms. The summed E-state index contributed by atoms with van der Waals surface area (Å²) >= 11 is 0. The molecule has 0 aromatic carbocycles. The van der Waals surface area contributed by atoms with Crippen molar-refractivity contribution in [2.24, 2.45) is 0 Å². The second kappa shape index (κ2) is 41.0. The summed E-state index contributed by atoms with van der Waals surface area (Å²) in [5, 5.41) is 11.6. The Morgan fingerprint density at radius 2 is 0.898 bits per heavy atom. The van der Waals surface area contributed by atoms with Gasteiger partial charge in [0.05, 0.1) is 40.3 Å². The van der Waals surface area contributed by atoms with Crippen LogP contribution in [0.15, 0.2) is 97.2 Å². The van der Waals surface area contributed by atoms with Crippen molar-refractivity contribution in [3.63, 3.8) is 0 Å². The lowest BCUT2D eigenvalue weighted by Crippen LogP contribution is -2.55. The third kappa shape index (κ3) is 39.5. The summed E-state index contributed by atoms with van der Waals surface area (Å²) in [6.07, 6.45) is 54.3. The normalized spacial score (nSPS) is 13.8. The number of likely N-dealkylation sites (N-methyl/N-ethyl adjacent to an activating group) is 1. The van der Waals surface area contributed by atoms with Crippen LogP contribution in [0, 0.1) is 0 Å². The third-order valence-corrected chi connectivity index (χ3v) is 9.47. The van der Waals surface area contributed by atoms with E-state index in [4.69, 9.17) is 14.2 Å². The van der Waals surface area contributed by atoms with Gasteiger partial charge in [0.25, 0.3) is 0 Å². The first-order chi connectivity index (χ1) is 28.6. The number of ether oxygens (including phenoxy) is 3. The van der Waals surface area contributed by atoms with Crippen LogP contribution < -0.4 is 5.11 Å². The van der Waals surface area contributed by atoms with Crippen molar-refractivity contribution in [1.29, 1.82) is 0 Å². The van der Waals surface area contributed by atoms with Crippen LogP contribution in [0.2, 0.25) is 0 Å². The lowest BCUT2D eigenvalue weighted by Gasteiger charge is -2.34. The van der Waals surface area contributed by atoms with E-state index < -0.39 is 18.1 Å². The van der Waals surface area contributed by atoms with Crippen LogP contribution in [0.3, 0.4) is 0 Å². The van der Waals surface area contributed by atoms with E-state index in [9.17, 15) is 19.5 Å². The lowest BCUT2D eigenvalue weighted by atomic mass is 10.1. The molecule has 0 aliphatic rings. The van der Waals surface area contributed by atoms with Crippen LogP contribution in [0.4, 0.5) is 0 Å². The lowest BCUT2D eigenvalue weighted by molar-refractivity contribution is -0.889. The number of aliphatic carboxylic acids is 1. The quantitative estimate of drug-likeness (QED) is 0.0263. The molecule has 8 heteroatoms. The molecule has 0 radical (unpaired) electrons. The van der Waals surface area contributed by atoms with E-state index in [-0.39, 0.29) is 49.1 Å². The second-order valence-corrected chi connectivity index (χ2v) is 15.9. The Kier molecular flexibility index (Phi) is 38.4. The summed E-state index contributed by atoms with van der Waals surface area (Å²) in [7, 11) is 5.38. The molecular formula is C51H83NO7. The molecule has 2 unspecified atom stereocenters. The first kappa shape index (κ1) is 55.2. The molecular weight excluding hydrogens is 739 g/mol. The number of carboxylic acid groups (broad SMARTS) is 1. The fourth-order valence-corrected chi connectivity index (χ4v) is 5.99. The van der Waals surface area contributed by atoms with Gasteiger partial charge < -0.3 is 28.6 Å². The van der Waals surface area contributed by atoms with Gasteiger partial charge in [0.2, 0.25) is 0 Å². The number of rotatable bonds is 39. The molecule has 0 aliphatic carbocycles. The number of esters is 2. The van der Waals surface area contributed by atoms with Gasteiger partial charge in [0.15, 0.2) is 6.10 Å². The fourth-order valence-electron chi connectivity index (χ4n) is 5.99. The topological polar surface area (TPSA) is 102 Å². The van der Waals surface area contributed by atoms with Crippen molar-refractivity contribution < 1.29 is 38.2 Å². The van der Waals surface area contributed by atoms with Crippen molar-refractivity contribution in [2.45, 2.75) is 167 Å². The van der Waals surface area contributed by atoms with Gasteiger partial charge in [0.1, 0.15) is 12.6 Å². The maximum atomic E-state index is 12.7. The smallest absolute Gasteiger partial charge is 0.306 e. The highest BCUT2D eigenvalue weighted by Gasteiger charge is 2.25. The molecule has 0 aliphatic heterocycles. The number of unbranched alkanes of at least 4 members (excludes halogenated alkanes) is 9. The highest BCUT2D eigenvalue weighted by Crippen LogP contribution is 2.12. The SMILES string of the molecule is CC/C=C/C/C=C/C/C=C/C/C=C/CCCCCCCCC(=O)OCC(COCCC(C(=O)[O-])[N+](C)(C)C)OC(=O)CCCCC/C=C/C/C=C/C/C=C/C/C=C/CC. The predicted molar refractivity (Wildman–Crippen MR) is 245 cm³/mol. The first-order valence-corrected chi connectivity index (χ1v) is 22.8. The van der Waals surface area contributed by atoms with E-state index in [0.29, 0.717) is 12.8 Å². The van der Waals surface area contributed by atoms with Gasteiger partial charge in [-0.2, -0.15) is 0 Å². The summed E-state index contributed by atoms with van der Waals surface area (Å²) in [4.78, 5) is 36.9. The van der Waals surface area contributed by atoms with Crippen molar-refractivity contribution in [1.82, 2.24) is 0 Å². The highest BCUT2D eigenvalue weighted by atomic mass is 16.6. The average Bonchev–Trinajstić information content (AvgIpc) is 3.19. The zero-order valence-electron chi connectivity index (χ0n) is 37.9. The second-order valence-electron chi connectivity index (χ2n) is 15.9. The number of hydrogen-bond acceptors (Lipinski definition) is 7. The van der Waals surface area contributed by atoms with Crippen LogP contribution in [-0.2, 0) is 28.6 Å². The molecule has 0 aromatic rings. The van der Waals surface area contributed by atoms with Gasteiger partial charge in [-0.1, -0.05) is 143 Å². The number of quaternary nitrogens is 1. The molecule has 0 saturated carbocycles. The molecule has 0 heterocycles. The first-order valence-electron chi connectivity index (χ1n) is 22.8. The van der Waals surface area contributed by atoms with Gasteiger partial charge in [-0.3, -0.25) is 9.59 Å². The van der Waals surface area contributed by atoms with Crippen LogP contribution in [0.1, 0.15) is 155 Å². The van der Waals surface area contributed by atoms with Crippen molar-refractivity contribution in [2.75, 3.05) is 41.0 Å². The minimum absolute atomic E-state index is 0.0165. The molecule has 334 valence electrons. The monoisotopic (exact) mass is 822 g/mol. The highest BCUT2D eigenvalue weighted by molar-refractivity contribution is 5.70. The summed E-state index contributed by atoms with van der Waals surface area (Å²) in [6, 6.07) is -0.740. The molecule has 0 rings (SSSR count). The molecule has 59 heavy (non-hydrogen) atoms. The van der Waals surface area contributed by atoms with E-state index >= 15 is 0 Å². The number of hydrogen-bond donors (Lipinski definition) is 0. The van der Waals surface area contributed by atoms with Gasteiger partial charge in [0, 0.05) is 19.3 Å². The Labute approximate surface area is 360 Å². The largest absolute Gasteiger partial charge is 0.544 e. The number of carbonyl (C=O) groups excluding carboxylic acids is 3. The maximum absolute atomic E-state index is 12.7. The van der Waals surface area contributed by atoms with Gasteiger partial charge in [-0.05, 0) is 89.9 Å². The Hall–Kier alpha value is -3.75. The van der Waals surface area contributed by atoms with Crippen LogP contribution in [0.25, 0.3) is 0 Å². The van der Waals surface area contributed by atoms with Gasteiger partial charge in [-0.25, -0.2) is 0 Å². The number of nitrogens with zero attached hydrogens (tertiary/aromatic N) is 1. The molecule has 0 saturated heterocycles. The molecule has 2 atom stereocenters. The van der Waals surface area contributed by atoms with Crippen molar-refractivity contribution in [3.8, 4) is 0 Å². The van der Waals surface area contributed by atoms with E-state index in [0.717, 1.165) is 103 Å². The maximum Gasteiger partial charge on any atom is 0.306 e. The van der Waals surface area contributed by atoms with Crippen LogP contribution >= 0.6 is 0 Å². The summed E-state index contributed by atoms with van der Waals surface area (Å²) in [5.74, 6) is -1.81. The Bertz CT molecular complexity index is 1280. The summed E-state index contributed by atoms with van der Waals surface area (Å²) in [6.45, 7) is 4.36. The molecule has 8 nitrogen and oxygen atoms in total. The Morgan fingerprint density at radius 1 is 0.508 bits per heavy atom. The van der Waals surface area contributed by atoms with Crippen molar-refractivity contribution in [3.05, 3.63) is 97.2 Å². The van der Waals surface area contributed by atoms with Crippen LogP contribution in [-0.4, -0.2) is 75.5 Å². The molecule has 0 aromatic heterocycles. The number of allylic oxidation sites excluding steroid dienone is 16. The zero-order chi connectivity index (χ0) is 43.5. The Morgan fingerprint density at radius 3 is 1.34 bits per heavy atom.